The quantitative estimate of drug-likeness (QED) is 0.193. The van der Waals surface area contributed by atoms with E-state index in [0.29, 0.717) is 41.6 Å². The molecular formula is C25H28N6O5S2. The maximum Gasteiger partial charge on any atom is 0.317 e. The number of nitrogens with zero attached hydrogens (tertiary/aromatic N) is 3. The molecule has 3 aromatic heterocycles. The van der Waals surface area contributed by atoms with Crippen molar-refractivity contribution < 1.29 is 24.2 Å². The molecule has 5 rings (SSSR count). The molecule has 0 spiro atoms. The molecule has 11 nitrogen and oxygen atoms in total. The van der Waals surface area contributed by atoms with Gasteiger partial charge in [0.25, 0.3) is 5.91 Å². The fraction of sp³-hybridized carbons (Fsp3) is 0.320. The summed E-state index contributed by atoms with van der Waals surface area (Å²) in [4.78, 5) is 36.1. The van der Waals surface area contributed by atoms with Crippen LogP contribution >= 0.6 is 23.1 Å². The molecule has 0 fully saturated rings. The minimum Gasteiger partial charge on any atom is -0.480 e. The van der Waals surface area contributed by atoms with E-state index in [9.17, 15) is 9.59 Å². The van der Waals surface area contributed by atoms with Gasteiger partial charge in [-0.05, 0) is 38.3 Å². The lowest BCUT2D eigenvalue weighted by molar-refractivity contribution is -0.135. The highest BCUT2D eigenvalue weighted by atomic mass is 32.2. The summed E-state index contributed by atoms with van der Waals surface area (Å²) in [6.45, 7) is 5.27. The third-order valence-corrected chi connectivity index (χ3v) is 7.20. The van der Waals surface area contributed by atoms with E-state index in [1.54, 1.807) is 6.20 Å². The molecule has 1 atom stereocenters. The van der Waals surface area contributed by atoms with Crippen LogP contribution in [0.5, 0.6) is 11.8 Å². The fourth-order valence-electron chi connectivity index (χ4n) is 3.74. The predicted octanol–water partition coefficient (Wildman–Crippen LogP) is 3.86. The van der Waals surface area contributed by atoms with Gasteiger partial charge in [0.2, 0.25) is 11.8 Å². The largest absolute Gasteiger partial charge is 0.480 e. The molecule has 5 N–H and O–H groups in total. The van der Waals surface area contributed by atoms with Crippen LogP contribution in [0.2, 0.25) is 0 Å². The summed E-state index contributed by atoms with van der Waals surface area (Å²) in [7, 11) is 0. The number of carbonyl (C=O) groups is 2. The number of nitrogens with two attached hydrogens (primary N) is 1. The Bertz CT molecular complexity index is 1480. The van der Waals surface area contributed by atoms with E-state index >= 15 is 0 Å². The predicted molar refractivity (Wildman–Crippen MR) is 148 cm³/mol. The average Bonchev–Trinajstić information content (AvgIpc) is 3.24. The minimum atomic E-state index is -0.968. The molecule has 0 unspecified atom stereocenters. The first-order chi connectivity index (χ1) is 18.3. The van der Waals surface area contributed by atoms with Crippen LogP contribution in [0.3, 0.4) is 0 Å². The Morgan fingerprint density at radius 3 is 2.79 bits per heavy atom. The third-order valence-electron chi connectivity index (χ3n) is 5.49. The van der Waals surface area contributed by atoms with Gasteiger partial charge in [-0.25, -0.2) is 9.97 Å². The minimum absolute atomic E-state index is 0.0417. The van der Waals surface area contributed by atoms with Crippen LogP contribution in [-0.2, 0) is 16.1 Å². The number of pyridine rings is 1. The first-order valence-electron chi connectivity index (χ1n) is 11.8. The Morgan fingerprint density at radius 2 is 2.08 bits per heavy atom. The van der Waals surface area contributed by atoms with E-state index in [4.69, 9.17) is 19.6 Å². The number of nitrogens with one attached hydrogen (secondary N) is 2. The summed E-state index contributed by atoms with van der Waals surface area (Å²) in [5, 5.41) is 16.7. The highest BCUT2D eigenvalue weighted by Gasteiger charge is 2.25. The SMILES string of the molecule is CCOCc1cnc(SC)nc1Oc1ccc2c(ccc3sc4c(c32)NC[C@@H](C)NC4=O)n1.NCC(=O)O. The van der Waals surface area contributed by atoms with Crippen molar-refractivity contribution in [3.8, 4) is 11.8 Å². The van der Waals surface area contributed by atoms with Crippen LogP contribution in [0, 0.1) is 0 Å². The Balaban J connectivity index is 0.000000617. The molecule has 4 aromatic rings. The standard InChI is InChI=1S/C23H23N5O3S2.C2H5NO2/c1-4-30-11-13-10-25-23(32-3)28-22(13)31-17-8-5-14-15(27-17)6-7-16-18(14)19-20(33-16)21(29)26-12(2)9-24-19;3-1-2(4)5/h5-8,10,12,24H,4,9,11H2,1-3H3,(H,26,29);1,3H2,(H,4,5)/t12-;/m1./s1. The Morgan fingerprint density at radius 1 is 1.29 bits per heavy atom. The molecule has 0 saturated heterocycles. The molecule has 38 heavy (non-hydrogen) atoms. The number of carbonyl (C=O) groups excluding carboxylic acids is 1. The summed E-state index contributed by atoms with van der Waals surface area (Å²) in [6, 6.07) is 7.83. The number of ether oxygens (including phenoxy) is 2. The molecule has 13 heteroatoms. The number of rotatable bonds is 7. The Hall–Kier alpha value is -3.52. The van der Waals surface area contributed by atoms with Gasteiger partial charge < -0.3 is 30.9 Å². The van der Waals surface area contributed by atoms with Gasteiger partial charge >= 0.3 is 5.97 Å². The van der Waals surface area contributed by atoms with Gasteiger partial charge in [-0.3, -0.25) is 9.59 Å². The molecule has 0 radical (unpaired) electrons. The van der Waals surface area contributed by atoms with Gasteiger partial charge in [0.15, 0.2) is 5.16 Å². The second kappa shape index (κ2) is 12.3. The number of hydrogen-bond donors (Lipinski definition) is 4. The van der Waals surface area contributed by atoms with Gasteiger partial charge in [0, 0.05) is 46.9 Å². The van der Waals surface area contributed by atoms with Gasteiger partial charge in [0.1, 0.15) is 4.88 Å². The first kappa shape index (κ1) is 27.5. The topological polar surface area (TPSA) is 162 Å². The number of anilines is 1. The zero-order valence-electron chi connectivity index (χ0n) is 21.1. The van der Waals surface area contributed by atoms with E-state index in [0.717, 1.165) is 32.2 Å². The zero-order valence-corrected chi connectivity index (χ0v) is 22.7. The van der Waals surface area contributed by atoms with E-state index in [1.165, 1.54) is 23.1 Å². The number of hydrogen-bond acceptors (Lipinski definition) is 11. The first-order valence-corrected chi connectivity index (χ1v) is 13.9. The molecule has 1 aliphatic heterocycles. The lowest BCUT2D eigenvalue weighted by Gasteiger charge is -2.11. The second-order valence-electron chi connectivity index (χ2n) is 8.24. The highest BCUT2D eigenvalue weighted by Crippen LogP contribution is 2.41. The number of aliphatic carboxylic acids is 1. The third kappa shape index (κ3) is 6.13. The van der Waals surface area contributed by atoms with Crippen molar-refractivity contribution in [1.82, 2.24) is 20.3 Å². The maximum atomic E-state index is 12.6. The lowest BCUT2D eigenvalue weighted by atomic mass is 10.1. The molecule has 4 heterocycles. The second-order valence-corrected chi connectivity index (χ2v) is 10.1. The molecule has 0 saturated carbocycles. The van der Waals surface area contributed by atoms with E-state index in [1.807, 2.05) is 44.4 Å². The van der Waals surface area contributed by atoms with Gasteiger partial charge in [-0.15, -0.1) is 11.3 Å². The molecule has 0 bridgehead atoms. The van der Waals surface area contributed by atoms with Crippen molar-refractivity contribution in [2.45, 2.75) is 31.7 Å². The summed E-state index contributed by atoms with van der Waals surface area (Å²) in [6.07, 6.45) is 3.65. The summed E-state index contributed by atoms with van der Waals surface area (Å²) in [5.41, 5.74) is 6.99. The summed E-state index contributed by atoms with van der Waals surface area (Å²) >= 11 is 2.94. The molecular weight excluding hydrogens is 528 g/mol. The smallest absolute Gasteiger partial charge is 0.317 e. The monoisotopic (exact) mass is 556 g/mol. The number of thioether (sulfide) groups is 1. The number of carboxylic acid groups (broad SMARTS) is 1. The highest BCUT2D eigenvalue weighted by molar-refractivity contribution is 7.98. The number of amides is 1. The molecule has 200 valence electrons. The molecule has 1 aromatic carbocycles. The molecule has 1 amide bonds. The van der Waals surface area contributed by atoms with Crippen molar-refractivity contribution >= 4 is 61.7 Å². The van der Waals surface area contributed by atoms with E-state index in [-0.39, 0.29) is 18.5 Å². The lowest BCUT2D eigenvalue weighted by Crippen LogP contribution is -2.34. The van der Waals surface area contributed by atoms with E-state index < -0.39 is 5.97 Å². The van der Waals surface area contributed by atoms with Gasteiger partial charge in [-0.2, -0.15) is 4.98 Å². The zero-order chi connectivity index (χ0) is 27.2. The average molecular weight is 557 g/mol. The van der Waals surface area contributed by atoms with Gasteiger partial charge in [0.05, 0.1) is 29.9 Å². The van der Waals surface area contributed by atoms with Crippen LogP contribution < -0.4 is 21.1 Å². The summed E-state index contributed by atoms with van der Waals surface area (Å²) in [5.74, 6) is -0.136. The Labute approximate surface area is 227 Å². The number of fused-ring (bicyclic) bond motifs is 5. The number of thiophene rings is 1. The van der Waals surface area contributed by atoms with Gasteiger partial charge in [-0.1, -0.05) is 11.8 Å². The summed E-state index contributed by atoms with van der Waals surface area (Å²) < 4.78 is 12.7. The van der Waals surface area contributed by atoms with Crippen molar-refractivity contribution in [2.75, 3.05) is 31.3 Å². The van der Waals surface area contributed by atoms with Crippen LogP contribution in [0.4, 0.5) is 5.69 Å². The maximum absolute atomic E-state index is 12.6. The normalized spacial score (nSPS) is 14.6. The van der Waals surface area contributed by atoms with Crippen LogP contribution in [0.25, 0.3) is 21.0 Å². The fourth-order valence-corrected chi connectivity index (χ4v) is 5.17. The molecule has 0 aliphatic carbocycles. The number of carboxylic acids is 1. The van der Waals surface area contributed by atoms with Crippen LogP contribution in [0.15, 0.2) is 35.6 Å². The number of benzene rings is 1. The van der Waals surface area contributed by atoms with Crippen LogP contribution in [0.1, 0.15) is 29.1 Å². The Kier molecular flexibility index (Phi) is 8.94. The van der Waals surface area contributed by atoms with Crippen molar-refractivity contribution in [3.63, 3.8) is 0 Å². The van der Waals surface area contributed by atoms with Crippen molar-refractivity contribution in [3.05, 3.63) is 40.9 Å². The number of aromatic nitrogens is 3. The van der Waals surface area contributed by atoms with E-state index in [2.05, 4.69) is 26.3 Å². The van der Waals surface area contributed by atoms with Crippen molar-refractivity contribution in [2.24, 2.45) is 5.73 Å². The van der Waals surface area contributed by atoms with Crippen LogP contribution in [-0.4, -0.2) is 63.9 Å². The molecule has 1 aliphatic rings. The van der Waals surface area contributed by atoms with Crippen molar-refractivity contribution in [1.29, 1.82) is 0 Å².